The van der Waals surface area contributed by atoms with Crippen molar-refractivity contribution in [2.45, 2.75) is 32.2 Å². The van der Waals surface area contributed by atoms with Crippen molar-refractivity contribution < 1.29 is 9.59 Å². The van der Waals surface area contributed by atoms with Gasteiger partial charge in [-0.1, -0.05) is 0 Å². The summed E-state index contributed by atoms with van der Waals surface area (Å²) in [6.07, 6.45) is 2.03. The molecule has 2 amide bonds. The van der Waals surface area contributed by atoms with Crippen molar-refractivity contribution in [3.63, 3.8) is 0 Å². The van der Waals surface area contributed by atoms with Gasteiger partial charge in [0.2, 0.25) is 5.91 Å². The highest BCUT2D eigenvalue weighted by Crippen LogP contribution is 2.32. The van der Waals surface area contributed by atoms with Crippen LogP contribution in [-0.2, 0) is 4.79 Å². The van der Waals surface area contributed by atoms with Gasteiger partial charge in [0.15, 0.2) is 0 Å². The number of piperidine rings is 1. The van der Waals surface area contributed by atoms with Crippen LogP contribution in [0.2, 0.25) is 0 Å². The molecule has 26 heavy (non-hydrogen) atoms. The zero-order chi connectivity index (χ0) is 18.9. The molecule has 1 aromatic rings. The van der Waals surface area contributed by atoms with E-state index in [1.54, 1.807) is 6.07 Å². The maximum atomic E-state index is 13.0. The number of aryl methyl sites for hydroxylation is 1. The van der Waals surface area contributed by atoms with Crippen molar-refractivity contribution in [1.82, 2.24) is 14.7 Å². The minimum atomic E-state index is -0.105. The van der Waals surface area contributed by atoms with Gasteiger partial charge in [0.25, 0.3) is 5.91 Å². The average molecular weight is 358 g/mol. The number of nitrogens with zero attached hydrogens (tertiary/aromatic N) is 3. The van der Waals surface area contributed by atoms with Crippen LogP contribution in [0.5, 0.6) is 0 Å². The van der Waals surface area contributed by atoms with Gasteiger partial charge in [-0.3, -0.25) is 14.5 Å². The number of likely N-dealkylation sites (N-methyl/N-ethyl adjacent to an activating group) is 2. The second-order valence-electron chi connectivity index (χ2n) is 7.89. The lowest BCUT2D eigenvalue weighted by molar-refractivity contribution is -0.114. The predicted molar refractivity (Wildman–Crippen MR) is 103 cm³/mol. The second-order valence-corrected chi connectivity index (χ2v) is 7.89. The molecular weight excluding hydrogens is 328 g/mol. The molecule has 0 aromatic heterocycles. The van der Waals surface area contributed by atoms with Crippen LogP contribution in [-0.4, -0.2) is 78.9 Å². The van der Waals surface area contributed by atoms with E-state index in [0.717, 1.165) is 62.4 Å². The first-order valence-electron chi connectivity index (χ1n) is 9.38. The first kappa shape index (κ1) is 18.9. The number of amides is 2. The summed E-state index contributed by atoms with van der Waals surface area (Å²) in [5, 5.41) is 2.77. The number of piperazine rings is 1. The van der Waals surface area contributed by atoms with E-state index < -0.39 is 0 Å². The van der Waals surface area contributed by atoms with Crippen LogP contribution in [0.1, 0.15) is 35.7 Å². The van der Waals surface area contributed by atoms with E-state index in [4.69, 9.17) is 0 Å². The molecule has 3 rings (SSSR count). The quantitative estimate of drug-likeness (QED) is 0.876. The summed E-state index contributed by atoms with van der Waals surface area (Å²) in [7, 11) is 4.40. The van der Waals surface area contributed by atoms with Gasteiger partial charge in [-0.25, -0.2) is 0 Å². The maximum Gasteiger partial charge on any atom is 0.254 e. The zero-order valence-corrected chi connectivity index (χ0v) is 16.3. The van der Waals surface area contributed by atoms with Gasteiger partial charge in [0.1, 0.15) is 0 Å². The van der Waals surface area contributed by atoms with E-state index >= 15 is 0 Å². The van der Waals surface area contributed by atoms with Crippen LogP contribution in [0.15, 0.2) is 18.2 Å². The van der Waals surface area contributed by atoms with Crippen LogP contribution in [0.25, 0.3) is 0 Å². The molecule has 2 saturated heterocycles. The molecule has 6 nitrogen and oxygen atoms in total. The minimum Gasteiger partial charge on any atom is -0.338 e. The number of carbonyl (C=O) groups excluding carboxylic acids is 2. The number of rotatable bonds is 2. The van der Waals surface area contributed by atoms with Crippen molar-refractivity contribution in [2.24, 2.45) is 0 Å². The summed E-state index contributed by atoms with van der Waals surface area (Å²) >= 11 is 0. The minimum absolute atomic E-state index is 0.0959. The van der Waals surface area contributed by atoms with Crippen LogP contribution in [0.3, 0.4) is 0 Å². The normalized spacial score (nSPS) is 21.0. The molecule has 1 aromatic carbocycles. The predicted octanol–water partition coefficient (Wildman–Crippen LogP) is 1.81. The fraction of sp³-hybridized carbons (Fsp3) is 0.600. The monoisotopic (exact) mass is 358 g/mol. The third-order valence-electron chi connectivity index (χ3n) is 5.95. The zero-order valence-electron chi connectivity index (χ0n) is 16.3. The molecule has 0 saturated carbocycles. The first-order chi connectivity index (χ1) is 12.3. The molecule has 2 aliphatic rings. The van der Waals surface area contributed by atoms with E-state index in [2.05, 4.69) is 29.2 Å². The summed E-state index contributed by atoms with van der Waals surface area (Å²) < 4.78 is 0. The van der Waals surface area contributed by atoms with E-state index in [0.29, 0.717) is 0 Å². The Labute approximate surface area is 156 Å². The van der Waals surface area contributed by atoms with Crippen LogP contribution in [0.4, 0.5) is 5.69 Å². The number of hydrogen-bond acceptors (Lipinski definition) is 4. The lowest BCUT2D eigenvalue weighted by Crippen LogP contribution is -2.64. The number of hydrogen-bond donors (Lipinski definition) is 1. The van der Waals surface area contributed by atoms with Crippen LogP contribution >= 0.6 is 0 Å². The van der Waals surface area contributed by atoms with Gasteiger partial charge in [-0.05, 0) is 57.6 Å². The Morgan fingerprint density at radius 3 is 2.38 bits per heavy atom. The smallest absolute Gasteiger partial charge is 0.254 e. The third kappa shape index (κ3) is 3.76. The topological polar surface area (TPSA) is 55.9 Å². The average Bonchev–Trinajstić information content (AvgIpc) is 2.58. The number of likely N-dealkylation sites (tertiary alicyclic amines) is 1. The Bertz CT molecular complexity index is 695. The summed E-state index contributed by atoms with van der Waals surface area (Å²) in [4.78, 5) is 31.1. The molecule has 1 N–H and O–H groups in total. The van der Waals surface area contributed by atoms with Gasteiger partial charge in [0, 0.05) is 56.4 Å². The molecule has 142 valence electrons. The number of carbonyl (C=O) groups is 2. The lowest BCUT2D eigenvalue weighted by atomic mass is 9.83. The molecule has 0 aliphatic carbocycles. The Morgan fingerprint density at radius 1 is 1.08 bits per heavy atom. The molecule has 0 radical (unpaired) electrons. The number of anilines is 1. The van der Waals surface area contributed by atoms with Crippen LogP contribution < -0.4 is 5.32 Å². The Hall–Kier alpha value is -1.92. The molecule has 0 atom stereocenters. The number of nitrogens with one attached hydrogen (secondary N) is 1. The van der Waals surface area contributed by atoms with Crippen molar-refractivity contribution in [3.05, 3.63) is 29.3 Å². The second kappa shape index (κ2) is 7.37. The maximum absolute atomic E-state index is 13.0. The molecular formula is C20H30N4O2. The molecule has 0 bridgehead atoms. The first-order valence-corrected chi connectivity index (χ1v) is 9.38. The highest BCUT2D eigenvalue weighted by molar-refractivity contribution is 5.97. The molecule has 6 heteroatoms. The summed E-state index contributed by atoms with van der Waals surface area (Å²) in [6, 6.07) is 5.49. The Kier molecular flexibility index (Phi) is 5.34. The van der Waals surface area contributed by atoms with E-state index in [-0.39, 0.29) is 17.4 Å². The fourth-order valence-electron chi connectivity index (χ4n) is 4.28. The molecule has 2 heterocycles. The SMILES string of the molecule is CC(=O)Nc1ccc(C(=O)N2CCC3(CC2)CN(C)CCN3C)c(C)c1. The number of benzene rings is 1. The molecule has 0 unspecified atom stereocenters. The highest BCUT2D eigenvalue weighted by Gasteiger charge is 2.42. The Morgan fingerprint density at radius 2 is 1.77 bits per heavy atom. The Balaban J connectivity index is 1.68. The van der Waals surface area contributed by atoms with Gasteiger partial charge in [0.05, 0.1) is 0 Å². The van der Waals surface area contributed by atoms with Gasteiger partial charge < -0.3 is 15.1 Å². The van der Waals surface area contributed by atoms with Gasteiger partial charge in [-0.15, -0.1) is 0 Å². The van der Waals surface area contributed by atoms with E-state index in [1.807, 2.05) is 24.0 Å². The summed E-state index contributed by atoms with van der Waals surface area (Å²) in [5.41, 5.74) is 2.56. The fourth-order valence-corrected chi connectivity index (χ4v) is 4.28. The molecule has 1 spiro atoms. The third-order valence-corrected chi connectivity index (χ3v) is 5.95. The van der Waals surface area contributed by atoms with Crippen molar-refractivity contribution in [1.29, 1.82) is 0 Å². The van der Waals surface area contributed by atoms with Crippen molar-refractivity contribution >= 4 is 17.5 Å². The standard InChI is InChI=1S/C20H30N4O2/c1-15-13-17(21-16(2)25)5-6-18(15)19(26)24-9-7-20(8-10-24)14-22(3)11-12-23(20)4/h5-6,13H,7-12,14H2,1-4H3,(H,21,25). The van der Waals surface area contributed by atoms with E-state index in [9.17, 15) is 9.59 Å². The summed E-state index contributed by atoms with van der Waals surface area (Å²) in [6.45, 7) is 8.28. The lowest BCUT2D eigenvalue weighted by Gasteiger charge is -2.52. The van der Waals surface area contributed by atoms with Gasteiger partial charge in [-0.2, -0.15) is 0 Å². The van der Waals surface area contributed by atoms with Crippen molar-refractivity contribution in [2.75, 3.05) is 52.1 Å². The molecule has 2 aliphatic heterocycles. The van der Waals surface area contributed by atoms with Crippen LogP contribution in [0, 0.1) is 6.92 Å². The van der Waals surface area contributed by atoms with Crippen molar-refractivity contribution in [3.8, 4) is 0 Å². The largest absolute Gasteiger partial charge is 0.338 e. The summed E-state index contributed by atoms with van der Waals surface area (Å²) in [5.74, 6) is -0.00934. The molecule has 2 fully saturated rings. The van der Waals surface area contributed by atoms with Gasteiger partial charge >= 0.3 is 0 Å². The highest BCUT2D eigenvalue weighted by atomic mass is 16.2. The van der Waals surface area contributed by atoms with E-state index in [1.165, 1.54) is 6.92 Å².